The fourth-order valence-electron chi connectivity index (χ4n) is 1.99. The van der Waals surface area contributed by atoms with Gasteiger partial charge in [0.15, 0.2) is 11.5 Å². The number of halogens is 1. The maximum Gasteiger partial charge on any atom is 0.163 e. The Balaban J connectivity index is 1.79. The van der Waals surface area contributed by atoms with E-state index in [0.717, 1.165) is 20.6 Å². The van der Waals surface area contributed by atoms with Crippen LogP contribution in [0.1, 0.15) is 5.56 Å². The maximum absolute atomic E-state index is 6.03. The normalized spacial score (nSPS) is 13.1. The van der Waals surface area contributed by atoms with E-state index in [1.54, 1.807) is 6.07 Å². The van der Waals surface area contributed by atoms with Gasteiger partial charge in [0.2, 0.25) is 0 Å². The number of nitrogen functional groups attached to an aromatic ring is 1. The van der Waals surface area contributed by atoms with Gasteiger partial charge in [-0.2, -0.15) is 0 Å². The van der Waals surface area contributed by atoms with Crippen LogP contribution in [-0.4, -0.2) is 13.2 Å². The molecule has 104 valence electrons. The van der Waals surface area contributed by atoms with Crippen molar-refractivity contribution in [2.45, 2.75) is 6.61 Å². The van der Waals surface area contributed by atoms with Crippen molar-refractivity contribution in [2.75, 3.05) is 18.9 Å². The molecule has 2 N–H and O–H groups in total. The highest BCUT2D eigenvalue weighted by atomic mass is 127. The second kappa shape index (κ2) is 5.78. The first-order valence-electron chi connectivity index (χ1n) is 6.29. The molecule has 1 heterocycles. The molecule has 1 aliphatic rings. The Morgan fingerprint density at radius 3 is 2.55 bits per heavy atom. The first-order chi connectivity index (χ1) is 9.74. The zero-order chi connectivity index (χ0) is 13.9. The van der Waals surface area contributed by atoms with E-state index in [2.05, 4.69) is 22.6 Å². The van der Waals surface area contributed by atoms with Gasteiger partial charge in [0.05, 0.1) is 3.57 Å². The highest BCUT2D eigenvalue weighted by Crippen LogP contribution is 2.35. The summed E-state index contributed by atoms with van der Waals surface area (Å²) >= 11 is 2.25. The Kier molecular flexibility index (Phi) is 3.86. The minimum absolute atomic E-state index is 0.405. The lowest BCUT2D eigenvalue weighted by Crippen LogP contribution is -2.16. The van der Waals surface area contributed by atoms with Crippen molar-refractivity contribution in [1.82, 2.24) is 0 Å². The van der Waals surface area contributed by atoms with Crippen LogP contribution in [0.2, 0.25) is 0 Å². The number of anilines is 1. The molecule has 0 spiro atoms. The Labute approximate surface area is 131 Å². The predicted molar refractivity (Wildman–Crippen MR) is 85.3 cm³/mol. The number of para-hydroxylation sites is 1. The van der Waals surface area contributed by atoms with Crippen LogP contribution in [0.15, 0.2) is 36.4 Å². The number of benzene rings is 2. The molecule has 0 saturated heterocycles. The van der Waals surface area contributed by atoms with Crippen molar-refractivity contribution >= 4 is 28.3 Å². The molecule has 0 bridgehead atoms. The molecule has 0 saturated carbocycles. The average molecular weight is 383 g/mol. The van der Waals surface area contributed by atoms with Gasteiger partial charge < -0.3 is 19.9 Å². The van der Waals surface area contributed by atoms with Crippen molar-refractivity contribution in [2.24, 2.45) is 0 Å². The van der Waals surface area contributed by atoms with Crippen LogP contribution in [0, 0.1) is 3.57 Å². The summed E-state index contributed by atoms with van der Waals surface area (Å²) in [6.07, 6.45) is 0. The van der Waals surface area contributed by atoms with Crippen molar-refractivity contribution in [1.29, 1.82) is 0 Å². The third-order valence-corrected chi connectivity index (χ3v) is 3.92. The van der Waals surface area contributed by atoms with Crippen LogP contribution in [0.3, 0.4) is 0 Å². The van der Waals surface area contributed by atoms with E-state index in [1.165, 1.54) is 0 Å². The van der Waals surface area contributed by atoms with Gasteiger partial charge in [0.25, 0.3) is 0 Å². The topological polar surface area (TPSA) is 53.7 Å². The molecule has 0 unspecified atom stereocenters. The molecule has 0 fully saturated rings. The van der Waals surface area contributed by atoms with Crippen molar-refractivity contribution in [3.8, 4) is 17.2 Å². The monoisotopic (exact) mass is 383 g/mol. The van der Waals surface area contributed by atoms with Crippen LogP contribution >= 0.6 is 22.6 Å². The predicted octanol–water partition coefficient (Wildman–Crippen LogP) is 3.22. The van der Waals surface area contributed by atoms with Gasteiger partial charge in [0, 0.05) is 17.3 Å². The minimum Gasteiger partial charge on any atom is -0.488 e. The molecule has 5 heteroatoms. The van der Waals surface area contributed by atoms with E-state index in [4.69, 9.17) is 19.9 Å². The summed E-state index contributed by atoms with van der Waals surface area (Å²) in [6, 6.07) is 11.6. The van der Waals surface area contributed by atoms with E-state index in [-0.39, 0.29) is 0 Å². The number of fused-ring (bicyclic) bond motifs is 1. The Morgan fingerprint density at radius 2 is 1.80 bits per heavy atom. The summed E-state index contributed by atoms with van der Waals surface area (Å²) in [5, 5.41) is 0. The second-order valence-electron chi connectivity index (χ2n) is 4.41. The minimum atomic E-state index is 0.405. The highest BCUT2D eigenvalue weighted by Gasteiger charge is 2.15. The molecule has 0 aliphatic carbocycles. The number of ether oxygens (including phenoxy) is 3. The number of rotatable bonds is 3. The summed E-state index contributed by atoms with van der Waals surface area (Å²) in [4.78, 5) is 0. The summed E-state index contributed by atoms with van der Waals surface area (Å²) < 4.78 is 17.9. The molecule has 4 nitrogen and oxygen atoms in total. The molecule has 3 rings (SSSR count). The first-order valence-corrected chi connectivity index (χ1v) is 7.37. The third kappa shape index (κ3) is 2.77. The van der Waals surface area contributed by atoms with Crippen LogP contribution in [0.5, 0.6) is 17.2 Å². The van der Waals surface area contributed by atoms with E-state index in [9.17, 15) is 0 Å². The Hall–Kier alpha value is -1.63. The fourth-order valence-corrected chi connectivity index (χ4v) is 2.53. The van der Waals surface area contributed by atoms with E-state index in [0.29, 0.717) is 31.3 Å². The summed E-state index contributed by atoms with van der Waals surface area (Å²) in [6.45, 7) is 1.53. The molecule has 2 aromatic rings. The lowest BCUT2D eigenvalue weighted by Gasteiger charge is -2.20. The number of nitrogens with two attached hydrogens (primary N) is 1. The van der Waals surface area contributed by atoms with Crippen molar-refractivity contribution in [3.05, 3.63) is 45.5 Å². The molecule has 0 amide bonds. The third-order valence-electron chi connectivity index (χ3n) is 3.02. The fraction of sp³-hybridized carbons (Fsp3) is 0.200. The molecular formula is C15H14INO3. The van der Waals surface area contributed by atoms with Crippen LogP contribution < -0.4 is 19.9 Å². The first kappa shape index (κ1) is 13.4. The van der Waals surface area contributed by atoms with Crippen molar-refractivity contribution < 1.29 is 14.2 Å². The standard InChI is InChI=1S/C15H14INO3/c16-11-3-1-2-4-13(11)20-9-10-7-14-15(8-12(10)17)19-6-5-18-14/h1-4,7-8H,5-6,9,17H2. The zero-order valence-electron chi connectivity index (χ0n) is 10.8. The molecule has 1 aliphatic heterocycles. The van der Waals surface area contributed by atoms with Crippen LogP contribution in [0.4, 0.5) is 5.69 Å². The number of hydrogen-bond donors (Lipinski definition) is 1. The van der Waals surface area contributed by atoms with Gasteiger partial charge in [-0.05, 0) is 40.8 Å². The highest BCUT2D eigenvalue weighted by molar-refractivity contribution is 14.1. The largest absolute Gasteiger partial charge is 0.488 e. The maximum atomic E-state index is 6.03. The van der Waals surface area contributed by atoms with Crippen LogP contribution in [-0.2, 0) is 6.61 Å². The lowest BCUT2D eigenvalue weighted by molar-refractivity contribution is 0.171. The van der Waals surface area contributed by atoms with Gasteiger partial charge >= 0.3 is 0 Å². The van der Waals surface area contributed by atoms with E-state index >= 15 is 0 Å². The Bertz CT molecular complexity index is 631. The second-order valence-corrected chi connectivity index (χ2v) is 5.58. The van der Waals surface area contributed by atoms with Gasteiger partial charge in [0.1, 0.15) is 25.6 Å². The summed E-state index contributed by atoms with van der Waals surface area (Å²) in [5.74, 6) is 2.28. The molecule has 2 aromatic carbocycles. The molecule has 0 atom stereocenters. The van der Waals surface area contributed by atoms with Gasteiger partial charge in [-0.3, -0.25) is 0 Å². The molecular weight excluding hydrogens is 369 g/mol. The summed E-state index contributed by atoms with van der Waals surface area (Å²) in [7, 11) is 0. The number of hydrogen-bond acceptors (Lipinski definition) is 4. The van der Waals surface area contributed by atoms with E-state index < -0.39 is 0 Å². The molecule has 0 radical (unpaired) electrons. The van der Waals surface area contributed by atoms with Gasteiger partial charge in [-0.25, -0.2) is 0 Å². The SMILES string of the molecule is Nc1cc2c(cc1COc1ccccc1I)OCCO2. The van der Waals surface area contributed by atoms with Gasteiger partial charge in [-0.1, -0.05) is 12.1 Å². The Morgan fingerprint density at radius 1 is 1.10 bits per heavy atom. The quantitative estimate of drug-likeness (QED) is 0.653. The average Bonchev–Trinajstić information content (AvgIpc) is 2.46. The smallest absolute Gasteiger partial charge is 0.163 e. The van der Waals surface area contributed by atoms with Crippen LogP contribution in [0.25, 0.3) is 0 Å². The van der Waals surface area contributed by atoms with Crippen molar-refractivity contribution in [3.63, 3.8) is 0 Å². The molecule has 0 aromatic heterocycles. The zero-order valence-corrected chi connectivity index (χ0v) is 12.9. The molecule has 20 heavy (non-hydrogen) atoms. The van der Waals surface area contributed by atoms with Gasteiger partial charge in [-0.15, -0.1) is 0 Å². The lowest BCUT2D eigenvalue weighted by atomic mass is 10.1. The summed E-state index contributed by atoms with van der Waals surface area (Å²) in [5.41, 5.74) is 7.58. The van der Waals surface area contributed by atoms with E-state index in [1.807, 2.05) is 30.3 Å².